The van der Waals surface area contributed by atoms with Gasteiger partial charge in [0.05, 0.1) is 4.47 Å². The molecule has 0 saturated heterocycles. The third-order valence-corrected chi connectivity index (χ3v) is 4.22. The van der Waals surface area contributed by atoms with E-state index in [4.69, 9.17) is 0 Å². The lowest BCUT2D eigenvalue weighted by Crippen LogP contribution is -2.41. The molecule has 1 N–H and O–H groups in total. The molecular weight excluding hydrogens is 297 g/mol. The maximum Gasteiger partial charge on any atom is 0.251 e. The van der Waals surface area contributed by atoms with E-state index in [1.54, 1.807) is 0 Å². The molecule has 0 aromatic heterocycles. The average molecular weight is 314 g/mol. The highest BCUT2D eigenvalue weighted by Crippen LogP contribution is 2.24. The fraction of sp³-hybridized carbons (Fsp3) is 0.500. The van der Waals surface area contributed by atoms with Gasteiger partial charge in [0, 0.05) is 11.6 Å². The van der Waals surface area contributed by atoms with Crippen LogP contribution in [0.5, 0.6) is 0 Å². The van der Waals surface area contributed by atoms with Gasteiger partial charge in [0.2, 0.25) is 0 Å². The van der Waals surface area contributed by atoms with Crippen molar-refractivity contribution >= 4 is 21.8 Å². The fourth-order valence-corrected chi connectivity index (χ4v) is 2.80. The lowest BCUT2D eigenvalue weighted by molar-refractivity contribution is 0.0910. The van der Waals surface area contributed by atoms with Gasteiger partial charge < -0.3 is 5.32 Å². The van der Waals surface area contributed by atoms with Gasteiger partial charge in [-0.1, -0.05) is 19.8 Å². The molecule has 2 rings (SSSR count). The van der Waals surface area contributed by atoms with Crippen molar-refractivity contribution in [2.45, 2.75) is 38.6 Å². The molecule has 0 aliphatic heterocycles. The van der Waals surface area contributed by atoms with Gasteiger partial charge >= 0.3 is 0 Å². The van der Waals surface area contributed by atoms with Crippen molar-refractivity contribution < 1.29 is 9.18 Å². The van der Waals surface area contributed by atoms with E-state index in [0.717, 1.165) is 12.8 Å². The van der Waals surface area contributed by atoms with Crippen LogP contribution in [0.15, 0.2) is 22.7 Å². The number of hydrogen-bond donors (Lipinski definition) is 1. The number of carbonyl (C=O) groups is 1. The highest BCUT2D eigenvalue weighted by atomic mass is 79.9. The third-order valence-electron chi connectivity index (χ3n) is 3.61. The van der Waals surface area contributed by atoms with Crippen LogP contribution in [-0.4, -0.2) is 11.9 Å². The van der Waals surface area contributed by atoms with Crippen molar-refractivity contribution in [1.82, 2.24) is 5.32 Å². The molecule has 18 heavy (non-hydrogen) atoms. The van der Waals surface area contributed by atoms with Gasteiger partial charge in [0.25, 0.3) is 5.91 Å². The monoisotopic (exact) mass is 313 g/mol. The quantitative estimate of drug-likeness (QED) is 0.881. The standard InChI is InChI=1S/C14H17BrFNO/c1-9-4-2-3-5-13(9)17-14(18)10-6-7-12(16)11(15)8-10/h6-9,13H,2-5H2,1H3,(H,17,18). The Balaban J connectivity index is 2.04. The molecule has 0 heterocycles. The topological polar surface area (TPSA) is 29.1 Å². The summed E-state index contributed by atoms with van der Waals surface area (Å²) < 4.78 is 13.4. The Hall–Kier alpha value is -0.900. The summed E-state index contributed by atoms with van der Waals surface area (Å²) in [5.74, 6) is 0.0543. The number of hydrogen-bond acceptors (Lipinski definition) is 1. The number of rotatable bonds is 2. The second kappa shape index (κ2) is 5.83. The molecule has 1 fully saturated rings. The molecule has 1 amide bonds. The molecular formula is C14H17BrFNO. The Bertz CT molecular complexity index is 449. The minimum atomic E-state index is -0.349. The summed E-state index contributed by atoms with van der Waals surface area (Å²) in [6.45, 7) is 2.17. The van der Waals surface area contributed by atoms with E-state index in [1.807, 2.05) is 0 Å². The van der Waals surface area contributed by atoms with Gasteiger partial charge in [-0.15, -0.1) is 0 Å². The smallest absolute Gasteiger partial charge is 0.251 e. The van der Waals surface area contributed by atoms with Crippen molar-refractivity contribution in [2.75, 3.05) is 0 Å². The van der Waals surface area contributed by atoms with Crippen LogP contribution < -0.4 is 5.32 Å². The van der Waals surface area contributed by atoms with Crippen molar-refractivity contribution in [1.29, 1.82) is 0 Å². The first-order valence-electron chi connectivity index (χ1n) is 6.34. The predicted octanol–water partition coefficient (Wildman–Crippen LogP) is 3.90. The maximum absolute atomic E-state index is 13.1. The summed E-state index contributed by atoms with van der Waals surface area (Å²) >= 11 is 3.10. The molecule has 1 aliphatic rings. The number of halogens is 2. The minimum Gasteiger partial charge on any atom is -0.349 e. The molecule has 2 atom stereocenters. The lowest BCUT2D eigenvalue weighted by atomic mass is 9.86. The lowest BCUT2D eigenvalue weighted by Gasteiger charge is -2.29. The van der Waals surface area contributed by atoms with Gasteiger partial charge in [-0.2, -0.15) is 0 Å². The van der Waals surface area contributed by atoms with Crippen LogP contribution in [0.4, 0.5) is 4.39 Å². The van der Waals surface area contributed by atoms with Crippen LogP contribution in [0.3, 0.4) is 0 Å². The normalized spacial score (nSPS) is 23.7. The Morgan fingerprint density at radius 3 is 2.78 bits per heavy atom. The highest BCUT2D eigenvalue weighted by molar-refractivity contribution is 9.10. The molecule has 4 heteroatoms. The zero-order chi connectivity index (χ0) is 13.1. The van der Waals surface area contributed by atoms with E-state index in [9.17, 15) is 9.18 Å². The van der Waals surface area contributed by atoms with Crippen molar-refractivity contribution in [2.24, 2.45) is 5.92 Å². The summed E-state index contributed by atoms with van der Waals surface area (Å²) in [6, 6.07) is 4.60. The van der Waals surface area contributed by atoms with Crippen LogP contribution in [0.25, 0.3) is 0 Å². The largest absolute Gasteiger partial charge is 0.349 e. The van der Waals surface area contributed by atoms with Crippen molar-refractivity contribution in [3.63, 3.8) is 0 Å². The molecule has 1 aromatic rings. The van der Waals surface area contributed by atoms with Gasteiger partial charge in [0.15, 0.2) is 0 Å². The fourth-order valence-electron chi connectivity index (χ4n) is 2.42. The van der Waals surface area contributed by atoms with E-state index in [0.29, 0.717) is 16.0 Å². The Morgan fingerprint density at radius 2 is 2.11 bits per heavy atom. The van der Waals surface area contributed by atoms with Gasteiger partial charge in [-0.25, -0.2) is 4.39 Å². The van der Waals surface area contributed by atoms with E-state index >= 15 is 0 Å². The number of benzene rings is 1. The molecule has 1 aliphatic carbocycles. The summed E-state index contributed by atoms with van der Waals surface area (Å²) in [6.07, 6.45) is 4.62. The first-order chi connectivity index (χ1) is 8.58. The van der Waals surface area contributed by atoms with Crippen LogP contribution in [-0.2, 0) is 0 Å². The maximum atomic E-state index is 13.1. The van der Waals surface area contributed by atoms with Gasteiger partial charge in [-0.05, 0) is 52.9 Å². The summed E-state index contributed by atoms with van der Waals surface area (Å²) in [5.41, 5.74) is 0.501. The second-order valence-corrected chi connectivity index (χ2v) is 5.82. The second-order valence-electron chi connectivity index (χ2n) is 4.97. The molecule has 1 saturated carbocycles. The first kappa shape index (κ1) is 13.5. The van der Waals surface area contributed by atoms with Crippen LogP contribution in [0, 0.1) is 11.7 Å². The average Bonchev–Trinajstić information content (AvgIpc) is 2.35. The zero-order valence-corrected chi connectivity index (χ0v) is 12.0. The van der Waals surface area contributed by atoms with Gasteiger partial charge in [-0.3, -0.25) is 4.79 Å². The SMILES string of the molecule is CC1CCCCC1NC(=O)c1ccc(F)c(Br)c1. The predicted molar refractivity (Wildman–Crippen MR) is 73.0 cm³/mol. The van der Waals surface area contributed by atoms with Crippen molar-refractivity contribution in [3.8, 4) is 0 Å². The van der Waals surface area contributed by atoms with Gasteiger partial charge in [0.1, 0.15) is 5.82 Å². The van der Waals surface area contributed by atoms with E-state index in [1.165, 1.54) is 31.0 Å². The van der Waals surface area contributed by atoms with Crippen molar-refractivity contribution in [3.05, 3.63) is 34.1 Å². The number of nitrogens with one attached hydrogen (secondary N) is 1. The van der Waals surface area contributed by atoms with Crippen LogP contribution in [0.2, 0.25) is 0 Å². The van der Waals surface area contributed by atoms with E-state index in [-0.39, 0.29) is 17.8 Å². The van der Waals surface area contributed by atoms with E-state index < -0.39 is 0 Å². The molecule has 0 radical (unpaired) electrons. The summed E-state index contributed by atoms with van der Waals surface area (Å²) in [5, 5.41) is 3.05. The Kier molecular flexibility index (Phi) is 4.38. The first-order valence-corrected chi connectivity index (χ1v) is 7.13. The Morgan fingerprint density at radius 1 is 1.39 bits per heavy atom. The molecule has 98 valence electrons. The molecule has 0 spiro atoms. The minimum absolute atomic E-state index is 0.116. The zero-order valence-electron chi connectivity index (χ0n) is 10.4. The summed E-state index contributed by atoms with van der Waals surface area (Å²) in [4.78, 5) is 12.1. The highest BCUT2D eigenvalue weighted by Gasteiger charge is 2.23. The third kappa shape index (κ3) is 3.10. The summed E-state index contributed by atoms with van der Waals surface area (Å²) in [7, 11) is 0. The van der Waals surface area contributed by atoms with Crippen LogP contribution in [0.1, 0.15) is 43.0 Å². The van der Waals surface area contributed by atoms with E-state index in [2.05, 4.69) is 28.2 Å². The molecule has 0 bridgehead atoms. The molecule has 2 unspecified atom stereocenters. The molecule has 1 aromatic carbocycles. The number of amides is 1. The molecule has 2 nitrogen and oxygen atoms in total. The van der Waals surface area contributed by atoms with Crippen LogP contribution >= 0.6 is 15.9 Å². The number of carbonyl (C=O) groups excluding carboxylic acids is 1. The Labute approximate surface area is 115 Å².